The van der Waals surface area contributed by atoms with E-state index in [1.165, 1.54) is 12.8 Å². The van der Waals surface area contributed by atoms with Gasteiger partial charge in [-0.05, 0) is 37.3 Å². The van der Waals surface area contributed by atoms with Gasteiger partial charge in [0, 0.05) is 25.2 Å². The molecule has 0 amide bonds. The van der Waals surface area contributed by atoms with Gasteiger partial charge in [0.25, 0.3) is 0 Å². The van der Waals surface area contributed by atoms with Gasteiger partial charge in [-0.2, -0.15) is 0 Å². The van der Waals surface area contributed by atoms with Crippen LogP contribution in [0.2, 0.25) is 0 Å². The van der Waals surface area contributed by atoms with Crippen molar-refractivity contribution in [3.8, 4) is 0 Å². The Balaban J connectivity index is 1.95. The molecule has 1 atom stereocenters. The van der Waals surface area contributed by atoms with Gasteiger partial charge in [0.15, 0.2) is 5.65 Å². The lowest BCUT2D eigenvalue weighted by atomic mass is 10.1. The quantitative estimate of drug-likeness (QED) is 0.876. The maximum absolute atomic E-state index is 6.22. The van der Waals surface area contributed by atoms with Crippen molar-refractivity contribution in [2.45, 2.75) is 45.2 Å². The molecule has 2 heterocycles. The Labute approximate surface area is 107 Å². The second kappa shape index (κ2) is 4.69. The number of hydrogen-bond donors (Lipinski definition) is 1. The van der Waals surface area contributed by atoms with Crippen molar-refractivity contribution in [3.05, 3.63) is 24.2 Å². The first-order valence-electron chi connectivity index (χ1n) is 6.85. The number of aryl methyl sites for hydroxylation is 1. The van der Waals surface area contributed by atoms with Crippen molar-refractivity contribution in [3.63, 3.8) is 0 Å². The number of hydrogen-bond acceptors (Lipinski definition) is 3. The fourth-order valence-electron chi connectivity index (χ4n) is 2.52. The summed E-state index contributed by atoms with van der Waals surface area (Å²) in [6.07, 6.45) is 6.37. The molecule has 1 aliphatic carbocycles. The van der Waals surface area contributed by atoms with E-state index < -0.39 is 0 Å². The number of nitrogens with zero attached hydrogens (tertiary/aromatic N) is 3. The van der Waals surface area contributed by atoms with Crippen molar-refractivity contribution >= 4 is 11.2 Å². The van der Waals surface area contributed by atoms with Gasteiger partial charge in [-0.3, -0.25) is 0 Å². The standard InChI is InChI=1S/C14H20N4/c1-2-8-18-13(9-11(15)10-5-6-10)17-12-4-3-7-16-14(12)18/h3-4,7,10-11H,2,5-6,8-9,15H2,1H3. The highest BCUT2D eigenvalue weighted by atomic mass is 15.1. The molecule has 1 unspecified atom stereocenters. The predicted molar refractivity (Wildman–Crippen MR) is 72.2 cm³/mol. The SMILES string of the molecule is CCCn1c(CC(N)C2CC2)nc2cccnc21. The minimum Gasteiger partial charge on any atom is -0.327 e. The van der Waals surface area contributed by atoms with E-state index in [4.69, 9.17) is 10.7 Å². The molecule has 2 N–H and O–H groups in total. The zero-order valence-electron chi connectivity index (χ0n) is 10.8. The lowest BCUT2D eigenvalue weighted by Crippen LogP contribution is -2.26. The van der Waals surface area contributed by atoms with Crippen LogP contribution in [0.1, 0.15) is 32.0 Å². The van der Waals surface area contributed by atoms with E-state index in [0.717, 1.165) is 36.4 Å². The zero-order chi connectivity index (χ0) is 12.5. The van der Waals surface area contributed by atoms with Gasteiger partial charge in [0.2, 0.25) is 0 Å². The van der Waals surface area contributed by atoms with Crippen LogP contribution in [-0.2, 0) is 13.0 Å². The van der Waals surface area contributed by atoms with E-state index in [0.29, 0.717) is 5.92 Å². The van der Waals surface area contributed by atoms with E-state index in [2.05, 4.69) is 16.5 Å². The van der Waals surface area contributed by atoms with Crippen LogP contribution in [-0.4, -0.2) is 20.6 Å². The molecule has 0 radical (unpaired) electrons. The molecule has 0 bridgehead atoms. The maximum Gasteiger partial charge on any atom is 0.159 e. The van der Waals surface area contributed by atoms with E-state index in [-0.39, 0.29) is 6.04 Å². The Morgan fingerprint density at radius 1 is 1.50 bits per heavy atom. The fourth-order valence-corrected chi connectivity index (χ4v) is 2.52. The molecule has 96 valence electrons. The van der Waals surface area contributed by atoms with Gasteiger partial charge in [0.1, 0.15) is 11.3 Å². The molecule has 18 heavy (non-hydrogen) atoms. The van der Waals surface area contributed by atoms with E-state index in [1.807, 2.05) is 18.3 Å². The summed E-state index contributed by atoms with van der Waals surface area (Å²) in [5.41, 5.74) is 8.21. The minimum absolute atomic E-state index is 0.261. The van der Waals surface area contributed by atoms with Gasteiger partial charge < -0.3 is 10.3 Å². The van der Waals surface area contributed by atoms with Gasteiger partial charge in [-0.25, -0.2) is 9.97 Å². The van der Waals surface area contributed by atoms with Gasteiger partial charge in [-0.15, -0.1) is 0 Å². The van der Waals surface area contributed by atoms with Crippen LogP contribution < -0.4 is 5.73 Å². The summed E-state index contributed by atoms with van der Waals surface area (Å²) in [4.78, 5) is 9.15. The monoisotopic (exact) mass is 244 g/mol. The van der Waals surface area contributed by atoms with Crippen LogP contribution in [0.5, 0.6) is 0 Å². The summed E-state index contributed by atoms with van der Waals surface area (Å²) in [6, 6.07) is 4.23. The molecule has 0 aromatic carbocycles. The molecule has 0 aliphatic heterocycles. The number of nitrogens with two attached hydrogens (primary N) is 1. The Bertz CT molecular complexity index is 542. The van der Waals surface area contributed by atoms with Crippen LogP contribution in [0, 0.1) is 5.92 Å². The first kappa shape index (κ1) is 11.7. The molecule has 4 heteroatoms. The van der Waals surface area contributed by atoms with Crippen LogP contribution in [0.4, 0.5) is 0 Å². The average Bonchev–Trinajstić information content (AvgIpc) is 3.16. The molecule has 0 saturated heterocycles. The summed E-state index contributed by atoms with van der Waals surface area (Å²) in [5, 5.41) is 0. The first-order chi connectivity index (χ1) is 8.79. The molecule has 2 aromatic heterocycles. The highest BCUT2D eigenvalue weighted by molar-refractivity contribution is 5.71. The molecule has 4 nitrogen and oxygen atoms in total. The number of pyridine rings is 1. The van der Waals surface area contributed by atoms with Gasteiger partial charge in [0.05, 0.1) is 0 Å². The number of fused-ring (bicyclic) bond motifs is 1. The van der Waals surface area contributed by atoms with Crippen molar-refractivity contribution in [1.82, 2.24) is 14.5 Å². The number of aromatic nitrogens is 3. The molecule has 0 spiro atoms. The topological polar surface area (TPSA) is 56.7 Å². The summed E-state index contributed by atoms with van der Waals surface area (Å²) < 4.78 is 2.23. The van der Waals surface area contributed by atoms with Crippen LogP contribution in [0.3, 0.4) is 0 Å². The third-order valence-electron chi connectivity index (χ3n) is 3.68. The summed E-state index contributed by atoms with van der Waals surface area (Å²) in [7, 11) is 0. The van der Waals surface area contributed by atoms with Crippen molar-refractivity contribution < 1.29 is 0 Å². The van der Waals surface area contributed by atoms with Crippen molar-refractivity contribution in [1.29, 1.82) is 0 Å². The molecule has 1 fully saturated rings. The fraction of sp³-hybridized carbons (Fsp3) is 0.571. The molecule has 1 aliphatic rings. The lowest BCUT2D eigenvalue weighted by Gasteiger charge is -2.11. The van der Waals surface area contributed by atoms with Gasteiger partial charge in [-0.1, -0.05) is 6.92 Å². The third-order valence-corrected chi connectivity index (χ3v) is 3.68. The summed E-state index contributed by atoms with van der Waals surface area (Å²) in [6.45, 7) is 3.15. The molecule has 3 rings (SSSR count). The van der Waals surface area contributed by atoms with E-state index in [1.54, 1.807) is 0 Å². The smallest absolute Gasteiger partial charge is 0.159 e. The normalized spacial score (nSPS) is 17.2. The number of rotatable bonds is 5. The molecule has 1 saturated carbocycles. The van der Waals surface area contributed by atoms with Crippen LogP contribution >= 0.6 is 0 Å². The Morgan fingerprint density at radius 2 is 2.33 bits per heavy atom. The lowest BCUT2D eigenvalue weighted by molar-refractivity contribution is 0.548. The van der Waals surface area contributed by atoms with E-state index in [9.17, 15) is 0 Å². The Morgan fingerprint density at radius 3 is 3.06 bits per heavy atom. The molecular formula is C14H20N4. The highest BCUT2D eigenvalue weighted by Gasteiger charge is 2.29. The van der Waals surface area contributed by atoms with Gasteiger partial charge >= 0.3 is 0 Å². The predicted octanol–water partition coefficient (Wildman–Crippen LogP) is 2.12. The average molecular weight is 244 g/mol. The van der Waals surface area contributed by atoms with Crippen molar-refractivity contribution in [2.24, 2.45) is 11.7 Å². The largest absolute Gasteiger partial charge is 0.327 e. The summed E-state index contributed by atoms with van der Waals surface area (Å²) in [5.74, 6) is 1.82. The zero-order valence-corrected chi connectivity index (χ0v) is 10.8. The van der Waals surface area contributed by atoms with Crippen LogP contribution in [0.25, 0.3) is 11.2 Å². The maximum atomic E-state index is 6.22. The Hall–Kier alpha value is -1.42. The Kier molecular flexibility index (Phi) is 3.04. The van der Waals surface area contributed by atoms with E-state index >= 15 is 0 Å². The second-order valence-corrected chi connectivity index (χ2v) is 5.23. The highest BCUT2D eigenvalue weighted by Crippen LogP contribution is 2.33. The third kappa shape index (κ3) is 2.12. The second-order valence-electron chi connectivity index (χ2n) is 5.23. The number of imidazole rings is 1. The minimum atomic E-state index is 0.261. The molecular weight excluding hydrogens is 224 g/mol. The first-order valence-corrected chi connectivity index (χ1v) is 6.85. The van der Waals surface area contributed by atoms with Crippen LogP contribution in [0.15, 0.2) is 18.3 Å². The summed E-state index contributed by atoms with van der Waals surface area (Å²) >= 11 is 0. The molecule has 2 aromatic rings. The van der Waals surface area contributed by atoms with Crippen molar-refractivity contribution in [2.75, 3.05) is 0 Å².